The molecule has 0 atom stereocenters. The molecule has 0 saturated heterocycles. The molecule has 3 aromatic rings. The van der Waals surface area contributed by atoms with Gasteiger partial charge in [-0.1, -0.05) is 45.0 Å². The van der Waals surface area contributed by atoms with Gasteiger partial charge >= 0.3 is 0 Å². The molecule has 2 N–H and O–H groups in total. The van der Waals surface area contributed by atoms with Crippen molar-refractivity contribution in [2.45, 2.75) is 30.4 Å². The summed E-state index contributed by atoms with van der Waals surface area (Å²) in [6, 6.07) is 14.8. The second kappa shape index (κ2) is 7.09. The first-order valence-corrected chi connectivity index (χ1v) is 10.5. The molecule has 0 saturated carbocycles. The Morgan fingerprint density at radius 1 is 1.00 bits per heavy atom. The highest BCUT2D eigenvalue weighted by Gasteiger charge is 2.18. The fraction of sp³-hybridized carbons (Fsp3) is 0.211. The first-order chi connectivity index (χ1) is 12.3. The number of para-hydroxylation sites is 1. The van der Waals surface area contributed by atoms with Crippen LogP contribution < -0.4 is 10.0 Å². The molecule has 0 fully saturated rings. The topological polar surface area (TPSA) is 71.1 Å². The van der Waals surface area contributed by atoms with Crippen molar-refractivity contribution in [3.8, 4) is 0 Å². The van der Waals surface area contributed by atoms with Gasteiger partial charge in [0.15, 0.2) is 0 Å². The Balaban J connectivity index is 1.77. The Bertz CT molecular complexity index is 974. The molecule has 0 aliphatic rings. The molecule has 2 heterocycles. The van der Waals surface area contributed by atoms with E-state index in [1.165, 1.54) is 23.1 Å². The van der Waals surface area contributed by atoms with Crippen LogP contribution in [0, 0.1) is 0 Å². The second-order valence-corrected chi connectivity index (χ2v) is 9.75. The van der Waals surface area contributed by atoms with Crippen LogP contribution in [0.3, 0.4) is 0 Å². The van der Waals surface area contributed by atoms with E-state index in [0.29, 0.717) is 11.5 Å². The van der Waals surface area contributed by atoms with Crippen molar-refractivity contribution in [2.24, 2.45) is 0 Å². The molecule has 26 heavy (non-hydrogen) atoms. The first-order valence-electron chi connectivity index (χ1n) is 8.15. The van der Waals surface area contributed by atoms with Gasteiger partial charge in [-0.05, 0) is 40.6 Å². The highest BCUT2D eigenvalue weighted by molar-refractivity contribution is 7.94. The van der Waals surface area contributed by atoms with Gasteiger partial charge in [0.1, 0.15) is 10.0 Å². The van der Waals surface area contributed by atoms with Crippen molar-refractivity contribution in [3.63, 3.8) is 0 Å². The third-order valence-electron chi connectivity index (χ3n) is 3.77. The Kier molecular flexibility index (Phi) is 5.02. The van der Waals surface area contributed by atoms with Crippen molar-refractivity contribution in [1.82, 2.24) is 4.98 Å². The van der Waals surface area contributed by atoms with Crippen molar-refractivity contribution in [3.05, 3.63) is 65.7 Å². The van der Waals surface area contributed by atoms with Gasteiger partial charge in [-0.2, -0.15) is 0 Å². The molecular weight excluding hydrogens is 366 g/mol. The van der Waals surface area contributed by atoms with Gasteiger partial charge in [-0.3, -0.25) is 4.72 Å². The standard InChI is InChI=1S/C19H21N3O2S2/c1-19(2,3)15-7-4-5-8-16(15)21-17-11-10-14(13-20-17)22-26(23,24)18-9-6-12-25-18/h4-13,22H,1-3H3,(H,20,21). The molecule has 3 rings (SSSR count). The lowest BCUT2D eigenvalue weighted by Gasteiger charge is -2.23. The van der Waals surface area contributed by atoms with Crippen molar-refractivity contribution >= 4 is 38.6 Å². The summed E-state index contributed by atoms with van der Waals surface area (Å²) in [5.74, 6) is 0.653. The van der Waals surface area contributed by atoms with E-state index >= 15 is 0 Å². The number of pyridine rings is 1. The number of nitrogens with one attached hydrogen (secondary N) is 2. The van der Waals surface area contributed by atoms with E-state index in [9.17, 15) is 8.42 Å². The number of benzene rings is 1. The van der Waals surface area contributed by atoms with Crippen LogP contribution >= 0.6 is 11.3 Å². The third kappa shape index (κ3) is 4.23. The fourth-order valence-corrected chi connectivity index (χ4v) is 4.57. The van der Waals surface area contributed by atoms with Crippen LogP contribution in [0.5, 0.6) is 0 Å². The van der Waals surface area contributed by atoms with E-state index in [0.717, 1.165) is 5.69 Å². The summed E-state index contributed by atoms with van der Waals surface area (Å²) in [6.45, 7) is 6.47. The SMILES string of the molecule is CC(C)(C)c1ccccc1Nc1ccc(NS(=O)(=O)c2cccs2)cn1. The quantitative estimate of drug-likeness (QED) is 0.647. The molecule has 0 radical (unpaired) electrons. The first kappa shape index (κ1) is 18.4. The number of sulfonamides is 1. The van der Waals surface area contributed by atoms with Gasteiger partial charge in [-0.15, -0.1) is 11.3 Å². The van der Waals surface area contributed by atoms with Gasteiger partial charge in [0, 0.05) is 5.69 Å². The van der Waals surface area contributed by atoms with E-state index in [-0.39, 0.29) is 9.62 Å². The van der Waals surface area contributed by atoms with Crippen LogP contribution in [0.1, 0.15) is 26.3 Å². The van der Waals surface area contributed by atoms with E-state index in [2.05, 4.69) is 41.9 Å². The lowest BCUT2D eigenvalue weighted by Crippen LogP contribution is -2.14. The highest BCUT2D eigenvalue weighted by atomic mass is 32.2. The van der Waals surface area contributed by atoms with E-state index < -0.39 is 10.0 Å². The number of aromatic nitrogens is 1. The minimum Gasteiger partial charge on any atom is -0.340 e. The fourth-order valence-electron chi connectivity index (χ4n) is 2.53. The van der Waals surface area contributed by atoms with Crippen LogP contribution in [-0.4, -0.2) is 13.4 Å². The van der Waals surface area contributed by atoms with Crippen molar-refractivity contribution in [2.75, 3.05) is 10.0 Å². The highest BCUT2D eigenvalue weighted by Crippen LogP contribution is 2.31. The van der Waals surface area contributed by atoms with Crippen LogP contribution in [0.2, 0.25) is 0 Å². The minimum atomic E-state index is -3.56. The maximum atomic E-state index is 12.2. The normalized spacial score (nSPS) is 12.0. The van der Waals surface area contributed by atoms with E-state index in [1.54, 1.807) is 29.6 Å². The summed E-state index contributed by atoms with van der Waals surface area (Å²) in [6.07, 6.45) is 1.51. The summed E-state index contributed by atoms with van der Waals surface area (Å²) in [5, 5.41) is 5.04. The number of nitrogens with zero attached hydrogens (tertiary/aromatic N) is 1. The molecule has 1 aromatic carbocycles. The minimum absolute atomic E-state index is 0.000124. The molecule has 0 aliphatic heterocycles. The monoisotopic (exact) mass is 387 g/mol. The van der Waals surface area contributed by atoms with Gasteiger partial charge in [0.05, 0.1) is 11.9 Å². The second-order valence-electron chi connectivity index (χ2n) is 6.89. The summed E-state index contributed by atoms with van der Waals surface area (Å²) in [7, 11) is -3.56. The zero-order chi connectivity index (χ0) is 18.8. The molecule has 2 aromatic heterocycles. The smallest absolute Gasteiger partial charge is 0.271 e. The number of thiophene rings is 1. The summed E-state index contributed by atoms with van der Waals surface area (Å²) < 4.78 is 27.3. The molecule has 0 unspecified atom stereocenters. The molecule has 136 valence electrons. The summed E-state index contributed by atoms with van der Waals surface area (Å²) >= 11 is 1.17. The number of anilines is 3. The lowest BCUT2D eigenvalue weighted by molar-refractivity contribution is 0.592. The Morgan fingerprint density at radius 2 is 1.77 bits per heavy atom. The van der Waals surface area contributed by atoms with Gasteiger partial charge < -0.3 is 5.32 Å². The Hall–Kier alpha value is -2.38. The summed E-state index contributed by atoms with van der Waals surface area (Å²) in [4.78, 5) is 4.33. The number of hydrogen-bond donors (Lipinski definition) is 2. The molecule has 7 heteroatoms. The lowest BCUT2D eigenvalue weighted by atomic mass is 9.86. The van der Waals surface area contributed by atoms with Crippen LogP contribution in [0.4, 0.5) is 17.2 Å². The van der Waals surface area contributed by atoms with Crippen molar-refractivity contribution < 1.29 is 8.42 Å². The van der Waals surface area contributed by atoms with E-state index in [4.69, 9.17) is 0 Å². The van der Waals surface area contributed by atoms with Crippen LogP contribution in [-0.2, 0) is 15.4 Å². The van der Waals surface area contributed by atoms with E-state index in [1.807, 2.05) is 18.2 Å². The maximum Gasteiger partial charge on any atom is 0.271 e. The third-order valence-corrected chi connectivity index (χ3v) is 6.55. The zero-order valence-electron chi connectivity index (χ0n) is 14.9. The van der Waals surface area contributed by atoms with Crippen LogP contribution in [0.25, 0.3) is 0 Å². The molecule has 0 aliphatic carbocycles. The molecule has 0 amide bonds. The predicted molar refractivity (Wildman–Crippen MR) is 108 cm³/mol. The zero-order valence-corrected chi connectivity index (χ0v) is 16.5. The van der Waals surface area contributed by atoms with Crippen molar-refractivity contribution in [1.29, 1.82) is 0 Å². The average Bonchev–Trinajstić information content (AvgIpc) is 3.11. The average molecular weight is 388 g/mol. The largest absolute Gasteiger partial charge is 0.340 e. The number of hydrogen-bond acceptors (Lipinski definition) is 5. The van der Waals surface area contributed by atoms with Gasteiger partial charge in [0.25, 0.3) is 10.0 Å². The summed E-state index contributed by atoms with van der Waals surface area (Å²) in [5.41, 5.74) is 2.59. The Morgan fingerprint density at radius 3 is 2.38 bits per heavy atom. The van der Waals surface area contributed by atoms with Gasteiger partial charge in [-0.25, -0.2) is 13.4 Å². The Labute approximate surface area is 158 Å². The molecular formula is C19H21N3O2S2. The predicted octanol–water partition coefficient (Wildman–Crippen LogP) is 4.99. The molecule has 0 bridgehead atoms. The van der Waals surface area contributed by atoms with Crippen LogP contribution in [0.15, 0.2) is 64.3 Å². The molecule has 5 nitrogen and oxygen atoms in total. The number of rotatable bonds is 5. The van der Waals surface area contributed by atoms with Gasteiger partial charge in [0.2, 0.25) is 0 Å². The maximum absolute atomic E-state index is 12.2. The molecule has 0 spiro atoms.